The second kappa shape index (κ2) is 6.04. The van der Waals surface area contributed by atoms with Crippen molar-refractivity contribution in [3.05, 3.63) is 29.3 Å². The van der Waals surface area contributed by atoms with Crippen molar-refractivity contribution in [2.24, 2.45) is 0 Å². The Kier molecular flexibility index (Phi) is 4.58. The van der Waals surface area contributed by atoms with Gasteiger partial charge in [0.05, 0.1) is 5.56 Å². The summed E-state index contributed by atoms with van der Waals surface area (Å²) < 4.78 is 39.6. The van der Waals surface area contributed by atoms with Gasteiger partial charge in [0.25, 0.3) is 0 Å². The first-order chi connectivity index (χ1) is 9.38. The number of nitrogens with one attached hydrogen (secondary N) is 1. The monoisotopic (exact) mass is 286 g/mol. The molecule has 0 aliphatic carbocycles. The first-order valence-electron chi connectivity index (χ1n) is 7.06. The quantitative estimate of drug-likeness (QED) is 0.905. The van der Waals surface area contributed by atoms with Gasteiger partial charge >= 0.3 is 6.18 Å². The largest absolute Gasteiger partial charge is 0.416 e. The minimum Gasteiger partial charge on any atom is -0.372 e. The number of hydrogen-bond acceptors (Lipinski definition) is 2. The summed E-state index contributed by atoms with van der Waals surface area (Å²) in [7, 11) is 0. The minimum absolute atomic E-state index is 0.161. The highest BCUT2D eigenvalue weighted by Gasteiger charge is 2.34. The van der Waals surface area contributed by atoms with Crippen LogP contribution in [0.4, 0.5) is 18.9 Å². The zero-order chi connectivity index (χ0) is 14.8. The van der Waals surface area contributed by atoms with Crippen molar-refractivity contribution in [1.29, 1.82) is 0 Å². The first kappa shape index (κ1) is 15.2. The molecule has 2 nitrogen and oxygen atoms in total. The molecule has 0 aromatic heterocycles. The van der Waals surface area contributed by atoms with Crippen LogP contribution in [0.25, 0.3) is 0 Å². The molecule has 1 saturated heterocycles. The van der Waals surface area contributed by atoms with Gasteiger partial charge in [0.15, 0.2) is 0 Å². The average molecular weight is 286 g/mol. The van der Waals surface area contributed by atoms with Crippen LogP contribution in [0.2, 0.25) is 0 Å². The van der Waals surface area contributed by atoms with E-state index in [1.54, 1.807) is 12.1 Å². The van der Waals surface area contributed by atoms with E-state index in [2.05, 4.69) is 5.32 Å². The SMILES string of the molecule is CC(C)NCc1ccc(N2CCCC2)cc1C(F)(F)F. The lowest BCUT2D eigenvalue weighted by atomic mass is 10.0. The molecule has 5 heteroatoms. The van der Waals surface area contributed by atoms with Gasteiger partial charge in [-0.15, -0.1) is 0 Å². The van der Waals surface area contributed by atoms with Crippen molar-refractivity contribution in [2.75, 3.05) is 18.0 Å². The third-order valence-electron chi connectivity index (χ3n) is 3.57. The Labute approximate surface area is 118 Å². The van der Waals surface area contributed by atoms with Crippen molar-refractivity contribution in [2.45, 2.75) is 45.5 Å². The summed E-state index contributed by atoms with van der Waals surface area (Å²) in [5.74, 6) is 0. The van der Waals surface area contributed by atoms with E-state index >= 15 is 0 Å². The zero-order valence-electron chi connectivity index (χ0n) is 11.9. The van der Waals surface area contributed by atoms with Crippen molar-refractivity contribution in [3.63, 3.8) is 0 Å². The molecule has 1 fully saturated rings. The molecule has 2 rings (SSSR count). The number of benzene rings is 1. The predicted octanol–water partition coefficient (Wildman–Crippen LogP) is 3.80. The molecule has 1 N–H and O–H groups in total. The Bertz CT molecular complexity index is 449. The molecule has 1 aromatic rings. The van der Waals surface area contributed by atoms with Gasteiger partial charge in [-0.25, -0.2) is 0 Å². The Morgan fingerprint density at radius 3 is 2.40 bits per heavy atom. The van der Waals surface area contributed by atoms with E-state index in [1.165, 1.54) is 6.07 Å². The summed E-state index contributed by atoms with van der Waals surface area (Å²) in [5.41, 5.74) is 0.479. The standard InChI is InChI=1S/C15H21F3N2/c1-11(2)19-10-12-5-6-13(20-7-3-4-8-20)9-14(12)15(16,17)18/h5-6,9,11,19H,3-4,7-8,10H2,1-2H3. The van der Waals surface area contributed by atoms with Crippen molar-refractivity contribution < 1.29 is 13.2 Å². The molecule has 0 radical (unpaired) electrons. The molecular weight excluding hydrogens is 265 g/mol. The molecule has 0 amide bonds. The molecule has 1 heterocycles. The van der Waals surface area contributed by atoms with Gasteiger partial charge in [-0.1, -0.05) is 19.9 Å². The second-order valence-electron chi connectivity index (χ2n) is 5.57. The number of halogens is 3. The molecule has 0 unspecified atom stereocenters. The molecule has 0 atom stereocenters. The van der Waals surface area contributed by atoms with E-state index in [1.807, 2.05) is 18.7 Å². The normalized spacial score (nSPS) is 16.2. The molecule has 1 aliphatic heterocycles. The van der Waals surface area contributed by atoms with E-state index in [0.717, 1.165) is 25.9 Å². The van der Waals surface area contributed by atoms with Crippen LogP contribution in [0, 0.1) is 0 Å². The third-order valence-corrected chi connectivity index (χ3v) is 3.57. The Morgan fingerprint density at radius 2 is 1.85 bits per heavy atom. The second-order valence-corrected chi connectivity index (χ2v) is 5.57. The van der Waals surface area contributed by atoms with Crippen LogP contribution in [-0.2, 0) is 12.7 Å². The summed E-state index contributed by atoms with van der Waals surface area (Å²) in [6.07, 6.45) is -2.19. The van der Waals surface area contributed by atoms with Crippen LogP contribution in [-0.4, -0.2) is 19.1 Å². The highest BCUT2D eigenvalue weighted by atomic mass is 19.4. The highest BCUT2D eigenvalue weighted by Crippen LogP contribution is 2.35. The zero-order valence-corrected chi connectivity index (χ0v) is 11.9. The van der Waals surface area contributed by atoms with E-state index < -0.39 is 11.7 Å². The van der Waals surface area contributed by atoms with Crippen molar-refractivity contribution >= 4 is 5.69 Å². The summed E-state index contributed by atoms with van der Waals surface area (Å²) in [6, 6.07) is 4.86. The van der Waals surface area contributed by atoms with Crippen LogP contribution in [0.1, 0.15) is 37.8 Å². The highest BCUT2D eigenvalue weighted by molar-refractivity contribution is 5.52. The fraction of sp³-hybridized carbons (Fsp3) is 0.600. The van der Waals surface area contributed by atoms with Gasteiger partial charge in [-0.3, -0.25) is 0 Å². The van der Waals surface area contributed by atoms with E-state index in [4.69, 9.17) is 0 Å². The fourth-order valence-electron chi connectivity index (χ4n) is 2.47. The van der Waals surface area contributed by atoms with Crippen molar-refractivity contribution in [3.8, 4) is 0 Å². The number of nitrogens with zero attached hydrogens (tertiary/aromatic N) is 1. The van der Waals surface area contributed by atoms with Gasteiger partial charge < -0.3 is 10.2 Å². The first-order valence-corrected chi connectivity index (χ1v) is 7.06. The van der Waals surface area contributed by atoms with E-state index in [0.29, 0.717) is 11.3 Å². The fourth-order valence-corrected chi connectivity index (χ4v) is 2.47. The summed E-state index contributed by atoms with van der Waals surface area (Å²) >= 11 is 0. The summed E-state index contributed by atoms with van der Waals surface area (Å²) in [6.45, 7) is 5.78. The lowest BCUT2D eigenvalue weighted by molar-refractivity contribution is -0.138. The molecule has 0 bridgehead atoms. The molecular formula is C15H21F3N2. The maximum Gasteiger partial charge on any atom is 0.416 e. The summed E-state index contributed by atoms with van der Waals surface area (Å²) in [5, 5.41) is 3.05. The van der Waals surface area contributed by atoms with Gasteiger partial charge in [-0.2, -0.15) is 13.2 Å². The van der Waals surface area contributed by atoms with Gasteiger partial charge in [-0.05, 0) is 30.5 Å². The Hall–Kier alpha value is -1.23. The van der Waals surface area contributed by atoms with Crippen LogP contribution in [0.15, 0.2) is 18.2 Å². The van der Waals surface area contributed by atoms with Gasteiger partial charge in [0.1, 0.15) is 0 Å². The number of rotatable bonds is 4. The molecule has 1 aliphatic rings. The number of anilines is 1. The van der Waals surface area contributed by atoms with Crippen LogP contribution >= 0.6 is 0 Å². The van der Waals surface area contributed by atoms with Crippen molar-refractivity contribution in [1.82, 2.24) is 5.32 Å². The molecule has 0 spiro atoms. The Balaban J connectivity index is 2.27. The third kappa shape index (κ3) is 3.66. The average Bonchev–Trinajstić information content (AvgIpc) is 2.88. The molecule has 112 valence electrons. The lowest BCUT2D eigenvalue weighted by Crippen LogP contribution is -2.24. The smallest absolute Gasteiger partial charge is 0.372 e. The summed E-state index contributed by atoms with van der Waals surface area (Å²) in [4.78, 5) is 2.02. The molecule has 1 aromatic carbocycles. The number of alkyl halides is 3. The predicted molar refractivity (Wildman–Crippen MR) is 74.9 cm³/mol. The van der Waals surface area contributed by atoms with Crippen LogP contribution in [0.3, 0.4) is 0 Å². The van der Waals surface area contributed by atoms with Gasteiger partial charge in [0, 0.05) is 31.4 Å². The van der Waals surface area contributed by atoms with E-state index in [9.17, 15) is 13.2 Å². The van der Waals surface area contributed by atoms with Crippen LogP contribution < -0.4 is 10.2 Å². The minimum atomic E-state index is -4.30. The topological polar surface area (TPSA) is 15.3 Å². The Morgan fingerprint density at radius 1 is 1.20 bits per heavy atom. The van der Waals surface area contributed by atoms with Gasteiger partial charge in [0.2, 0.25) is 0 Å². The van der Waals surface area contributed by atoms with E-state index in [-0.39, 0.29) is 12.6 Å². The van der Waals surface area contributed by atoms with Crippen LogP contribution in [0.5, 0.6) is 0 Å². The number of hydrogen-bond donors (Lipinski definition) is 1. The molecule has 20 heavy (non-hydrogen) atoms. The lowest BCUT2D eigenvalue weighted by Gasteiger charge is -2.21. The molecule has 0 saturated carbocycles. The maximum absolute atomic E-state index is 13.2. The maximum atomic E-state index is 13.2.